The van der Waals surface area contributed by atoms with Crippen molar-refractivity contribution in [3.05, 3.63) is 16.4 Å². The minimum Gasteiger partial charge on any atom is -0.314 e. The van der Waals surface area contributed by atoms with Gasteiger partial charge in [-0.15, -0.1) is 0 Å². The number of aromatic nitrogens is 2. The van der Waals surface area contributed by atoms with E-state index in [1.165, 1.54) is 25.0 Å². The molecule has 0 bridgehead atoms. The van der Waals surface area contributed by atoms with Crippen LogP contribution >= 0.6 is 11.6 Å². The Labute approximate surface area is 134 Å². The van der Waals surface area contributed by atoms with E-state index < -0.39 is 0 Å². The molecule has 0 amide bonds. The van der Waals surface area contributed by atoms with Gasteiger partial charge in [0, 0.05) is 12.6 Å². The van der Waals surface area contributed by atoms with Crippen LogP contribution in [0.2, 0.25) is 5.02 Å². The van der Waals surface area contributed by atoms with Crippen LogP contribution in [0.15, 0.2) is 0 Å². The van der Waals surface area contributed by atoms with Crippen molar-refractivity contribution in [1.82, 2.24) is 15.1 Å². The van der Waals surface area contributed by atoms with Crippen LogP contribution in [-0.2, 0) is 19.4 Å². The number of nitrogens with one attached hydrogen (secondary N) is 1. The highest BCUT2D eigenvalue weighted by Gasteiger charge is 2.24. The van der Waals surface area contributed by atoms with Gasteiger partial charge in [-0.1, -0.05) is 32.4 Å². The van der Waals surface area contributed by atoms with Crippen LogP contribution in [0.3, 0.4) is 0 Å². The fourth-order valence-corrected chi connectivity index (χ4v) is 3.36. The monoisotopic (exact) mass is 311 g/mol. The van der Waals surface area contributed by atoms with Gasteiger partial charge >= 0.3 is 0 Å². The van der Waals surface area contributed by atoms with E-state index in [-0.39, 0.29) is 0 Å². The Morgan fingerprint density at radius 1 is 1.33 bits per heavy atom. The lowest BCUT2D eigenvalue weighted by Crippen LogP contribution is -2.27. The standard InChI is InChI=1S/C17H30ClN3/c1-5-15-17(18)16(21(6-2)20-15)10-13(9-12(3)4)11-19-14-7-8-14/h12-14,19H,5-11H2,1-4H3. The smallest absolute Gasteiger partial charge is 0.0849 e. The van der Waals surface area contributed by atoms with Gasteiger partial charge < -0.3 is 5.32 Å². The largest absolute Gasteiger partial charge is 0.314 e. The molecule has 1 atom stereocenters. The summed E-state index contributed by atoms with van der Waals surface area (Å²) >= 11 is 6.56. The maximum absolute atomic E-state index is 6.56. The Balaban J connectivity index is 2.07. The lowest BCUT2D eigenvalue weighted by atomic mass is 9.92. The van der Waals surface area contributed by atoms with Gasteiger partial charge in [0.1, 0.15) is 0 Å². The van der Waals surface area contributed by atoms with E-state index in [1.54, 1.807) is 0 Å². The van der Waals surface area contributed by atoms with Gasteiger partial charge in [-0.05, 0) is 57.4 Å². The van der Waals surface area contributed by atoms with Crippen molar-refractivity contribution >= 4 is 11.6 Å². The van der Waals surface area contributed by atoms with Crippen molar-refractivity contribution in [3.63, 3.8) is 0 Å². The molecule has 0 radical (unpaired) electrons. The third kappa shape index (κ3) is 4.72. The molecule has 0 spiro atoms. The molecule has 0 aromatic carbocycles. The first kappa shape index (κ1) is 16.8. The molecule has 1 heterocycles. The van der Waals surface area contributed by atoms with Gasteiger partial charge in [0.25, 0.3) is 0 Å². The normalized spacial score (nSPS) is 16.7. The fourth-order valence-electron chi connectivity index (χ4n) is 3.01. The second-order valence-electron chi connectivity index (χ2n) is 6.76. The number of hydrogen-bond acceptors (Lipinski definition) is 2. The Bertz CT molecular complexity index is 449. The van der Waals surface area contributed by atoms with Crippen LogP contribution in [0.25, 0.3) is 0 Å². The molecule has 3 nitrogen and oxygen atoms in total. The van der Waals surface area contributed by atoms with Crippen molar-refractivity contribution < 1.29 is 0 Å². The van der Waals surface area contributed by atoms with E-state index in [1.807, 2.05) is 0 Å². The highest BCUT2D eigenvalue weighted by molar-refractivity contribution is 6.31. The molecule has 0 aliphatic heterocycles. The molecule has 1 aliphatic rings. The number of nitrogens with zero attached hydrogens (tertiary/aromatic N) is 2. The second-order valence-corrected chi connectivity index (χ2v) is 7.14. The summed E-state index contributed by atoms with van der Waals surface area (Å²) in [6.45, 7) is 10.9. The number of rotatable bonds is 9. The van der Waals surface area contributed by atoms with Crippen LogP contribution in [0.5, 0.6) is 0 Å². The summed E-state index contributed by atoms with van der Waals surface area (Å²) in [5.41, 5.74) is 2.28. The first-order chi connectivity index (χ1) is 10.0. The predicted molar refractivity (Wildman–Crippen MR) is 90.0 cm³/mol. The van der Waals surface area contributed by atoms with Crippen molar-refractivity contribution in [2.75, 3.05) is 6.54 Å². The Kier molecular flexibility index (Phi) is 6.12. The Morgan fingerprint density at radius 3 is 2.57 bits per heavy atom. The maximum atomic E-state index is 6.56. The molecular formula is C17H30ClN3. The first-order valence-electron chi connectivity index (χ1n) is 8.52. The van der Waals surface area contributed by atoms with Gasteiger partial charge in [-0.2, -0.15) is 5.10 Å². The van der Waals surface area contributed by atoms with E-state index in [0.29, 0.717) is 5.92 Å². The summed E-state index contributed by atoms with van der Waals surface area (Å²) in [4.78, 5) is 0. The molecule has 120 valence electrons. The summed E-state index contributed by atoms with van der Waals surface area (Å²) in [7, 11) is 0. The van der Waals surface area contributed by atoms with Crippen molar-refractivity contribution in [2.24, 2.45) is 11.8 Å². The van der Waals surface area contributed by atoms with Gasteiger partial charge in [0.2, 0.25) is 0 Å². The fraction of sp³-hybridized carbons (Fsp3) is 0.824. The minimum atomic E-state index is 0.648. The van der Waals surface area contributed by atoms with Gasteiger partial charge in [-0.3, -0.25) is 4.68 Å². The molecule has 1 fully saturated rings. The van der Waals surface area contributed by atoms with Crippen LogP contribution in [-0.4, -0.2) is 22.4 Å². The molecule has 0 saturated heterocycles. The molecule has 1 saturated carbocycles. The average molecular weight is 312 g/mol. The topological polar surface area (TPSA) is 29.9 Å². The Morgan fingerprint density at radius 2 is 2.05 bits per heavy atom. The van der Waals surface area contributed by atoms with Gasteiger partial charge in [0.05, 0.1) is 16.4 Å². The quantitative estimate of drug-likeness (QED) is 0.745. The molecule has 1 N–H and O–H groups in total. The number of halogens is 1. The van der Waals surface area contributed by atoms with E-state index in [2.05, 4.69) is 42.8 Å². The van der Waals surface area contributed by atoms with Crippen LogP contribution < -0.4 is 5.32 Å². The zero-order valence-electron chi connectivity index (χ0n) is 14.0. The average Bonchev–Trinajstić information content (AvgIpc) is 3.22. The predicted octanol–water partition coefficient (Wildman–Crippen LogP) is 4.08. The Hall–Kier alpha value is -0.540. The zero-order chi connectivity index (χ0) is 15.4. The zero-order valence-corrected chi connectivity index (χ0v) is 14.7. The number of aryl methyl sites for hydroxylation is 2. The lowest BCUT2D eigenvalue weighted by molar-refractivity contribution is 0.375. The third-order valence-electron chi connectivity index (χ3n) is 4.25. The molecule has 1 aromatic heterocycles. The van der Waals surface area contributed by atoms with Crippen LogP contribution in [0, 0.1) is 11.8 Å². The maximum Gasteiger partial charge on any atom is 0.0849 e. The van der Waals surface area contributed by atoms with Gasteiger partial charge in [0.15, 0.2) is 0 Å². The van der Waals surface area contributed by atoms with Crippen molar-refractivity contribution in [2.45, 2.75) is 72.4 Å². The molecule has 2 rings (SSSR count). The highest BCUT2D eigenvalue weighted by Crippen LogP contribution is 2.27. The van der Waals surface area contributed by atoms with E-state index in [9.17, 15) is 0 Å². The summed E-state index contributed by atoms with van der Waals surface area (Å²) in [5, 5.41) is 9.24. The SMILES string of the molecule is CCc1nn(CC)c(CC(CNC2CC2)CC(C)C)c1Cl. The van der Waals surface area contributed by atoms with E-state index in [0.717, 1.165) is 48.6 Å². The molecule has 1 aromatic rings. The molecule has 1 aliphatic carbocycles. The summed E-state index contributed by atoms with van der Waals surface area (Å²) in [6.07, 6.45) is 5.89. The van der Waals surface area contributed by atoms with Crippen molar-refractivity contribution in [3.8, 4) is 0 Å². The van der Waals surface area contributed by atoms with E-state index >= 15 is 0 Å². The van der Waals surface area contributed by atoms with Gasteiger partial charge in [-0.25, -0.2) is 0 Å². The summed E-state index contributed by atoms with van der Waals surface area (Å²) in [5.74, 6) is 1.37. The first-order valence-corrected chi connectivity index (χ1v) is 8.90. The van der Waals surface area contributed by atoms with Crippen LogP contribution in [0.1, 0.15) is 58.3 Å². The molecule has 1 unspecified atom stereocenters. The molecule has 4 heteroatoms. The minimum absolute atomic E-state index is 0.648. The van der Waals surface area contributed by atoms with Crippen molar-refractivity contribution in [1.29, 1.82) is 0 Å². The van der Waals surface area contributed by atoms with E-state index in [4.69, 9.17) is 11.6 Å². The highest BCUT2D eigenvalue weighted by atomic mass is 35.5. The summed E-state index contributed by atoms with van der Waals surface area (Å²) < 4.78 is 2.10. The van der Waals surface area contributed by atoms with Crippen LogP contribution in [0.4, 0.5) is 0 Å². The number of hydrogen-bond donors (Lipinski definition) is 1. The third-order valence-corrected chi connectivity index (χ3v) is 4.69. The lowest BCUT2D eigenvalue weighted by Gasteiger charge is -2.20. The second kappa shape index (κ2) is 7.64. The molecule has 21 heavy (non-hydrogen) atoms. The summed E-state index contributed by atoms with van der Waals surface area (Å²) in [6, 6.07) is 0.775. The molecular weight excluding hydrogens is 282 g/mol.